The maximum absolute atomic E-state index is 6.53. The molecule has 0 radical (unpaired) electrons. The predicted octanol–water partition coefficient (Wildman–Crippen LogP) is 4.47. The van der Waals surface area contributed by atoms with Crippen molar-refractivity contribution in [2.24, 2.45) is 11.7 Å². The van der Waals surface area contributed by atoms with E-state index in [-0.39, 0.29) is 16.9 Å². The SMILES string of the molecule is C[S+](CO[C@@H]1CC(N2CCC(Cc3ccc(Cl)cc3)CC2)[C@H](N)C1)C(C)(C)C. The van der Waals surface area contributed by atoms with Gasteiger partial charge in [-0.05, 0) is 89.6 Å². The Morgan fingerprint density at radius 2 is 1.79 bits per heavy atom. The first kappa shape index (κ1) is 22.4. The fraction of sp³-hybridized carbons (Fsp3) is 0.739. The summed E-state index contributed by atoms with van der Waals surface area (Å²) >= 11 is 6.01. The van der Waals surface area contributed by atoms with E-state index in [0.29, 0.717) is 16.9 Å². The van der Waals surface area contributed by atoms with Crippen molar-refractivity contribution in [2.45, 2.75) is 75.8 Å². The number of benzene rings is 1. The molecule has 0 spiro atoms. The van der Waals surface area contributed by atoms with Gasteiger partial charge in [0, 0.05) is 28.0 Å². The lowest BCUT2D eigenvalue weighted by Gasteiger charge is -2.37. The zero-order valence-electron chi connectivity index (χ0n) is 18.0. The summed E-state index contributed by atoms with van der Waals surface area (Å²) in [5.74, 6) is 1.65. The zero-order chi connectivity index (χ0) is 20.3. The Morgan fingerprint density at radius 1 is 1.14 bits per heavy atom. The van der Waals surface area contributed by atoms with Crippen molar-refractivity contribution in [1.82, 2.24) is 4.90 Å². The molecule has 0 amide bonds. The van der Waals surface area contributed by atoms with E-state index in [4.69, 9.17) is 22.1 Å². The van der Waals surface area contributed by atoms with E-state index in [1.165, 1.54) is 37.9 Å². The third-order valence-corrected chi connectivity index (χ3v) is 9.45. The van der Waals surface area contributed by atoms with Crippen LogP contribution in [0.1, 0.15) is 52.0 Å². The second-order valence-electron chi connectivity index (χ2n) is 9.67. The predicted molar refractivity (Wildman–Crippen MR) is 123 cm³/mol. The van der Waals surface area contributed by atoms with Gasteiger partial charge in [0.1, 0.15) is 11.0 Å². The highest BCUT2D eigenvalue weighted by Crippen LogP contribution is 2.31. The van der Waals surface area contributed by atoms with Gasteiger partial charge < -0.3 is 10.5 Å². The molecule has 2 N–H and O–H groups in total. The second kappa shape index (κ2) is 9.70. The average Bonchev–Trinajstić information content (AvgIpc) is 3.02. The van der Waals surface area contributed by atoms with E-state index in [0.717, 1.165) is 29.7 Å². The van der Waals surface area contributed by atoms with Gasteiger partial charge in [-0.1, -0.05) is 23.7 Å². The van der Waals surface area contributed by atoms with Crippen molar-refractivity contribution in [3.8, 4) is 0 Å². The summed E-state index contributed by atoms with van der Waals surface area (Å²) in [5, 5.41) is 0.822. The zero-order valence-corrected chi connectivity index (χ0v) is 19.6. The molecule has 158 valence electrons. The van der Waals surface area contributed by atoms with Crippen molar-refractivity contribution in [3.63, 3.8) is 0 Å². The molecule has 1 heterocycles. The quantitative estimate of drug-likeness (QED) is 0.683. The normalized spacial score (nSPS) is 28.6. The first-order valence-corrected chi connectivity index (χ1v) is 12.9. The molecule has 2 unspecified atom stereocenters. The molecule has 1 aromatic rings. The van der Waals surface area contributed by atoms with Gasteiger partial charge in [0.2, 0.25) is 5.94 Å². The van der Waals surface area contributed by atoms with Crippen LogP contribution in [0, 0.1) is 5.92 Å². The lowest BCUT2D eigenvalue weighted by Crippen LogP contribution is -2.48. The molecule has 1 aromatic carbocycles. The molecule has 28 heavy (non-hydrogen) atoms. The van der Waals surface area contributed by atoms with Crippen LogP contribution in [0.2, 0.25) is 5.02 Å². The van der Waals surface area contributed by atoms with Gasteiger partial charge in [-0.25, -0.2) is 0 Å². The maximum atomic E-state index is 6.53. The standard InChI is InChI=1S/C23H38ClN2OS/c1-23(2,3)28(4)16-27-20-14-21(25)22(15-20)26-11-9-18(10-12-26)13-17-5-7-19(24)8-6-17/h5-8,18,20-22H,9-16,25H2,1-4H3/q+1/t20-,21+,22?,28?/m0/s1. The smallest absolute Gasteiger partial charge is 0.208 e. The lowest BCUT2D eigenvalue weighted by atomic mass is 9.89. The third kappa shape index (κ3) is 6.12. The van der Waals surface area contributed by atoms with E-state index in [9.17, 15) is 0 Å². The van der Waals surface area contributed by atoms with Crippen molar-refractivity contribution < 1.29 is 4.74 Å². The van der Waals surface area contributed by atoms with Gasteiger partial charge in [0.25, 0.3) is 0 Å². The summed E-state index contributed by atoms with van der Waals surface area (Å²) in [5.41, 5.74) is 7.94. The van der Waals surface area contributed by atoms with Crippen LogP contribution in [0.5, 0.6) is 0 Å². The topological polar surface area (TPSA) is 38.5 Å². The summed E-state index contributed by atoms with van der Waals surface area (Å²) in [6.45, 7) is 9.25. The summed E-state index contributed by atoms with van der Waals surface area (Å²) in [4.78, 5) is 2.64. The molecule has 0 bridgehead atoms. The molecule has 3 nitrogen and oxygen atoms in total. The number of ether oxygens (including phenoxy) is 1. The number of nitrogens with zero attached hydrogens (tertiary/aromatic N) is 1. The number of halogens is 1. The highest BCUT2D eigenvalue weighted by Gasteiger charge is 2.39. The van der Waals surface area contributed by atoms with E-state index in [2.05, 4.69) is 44.1 Å². The largest absolute Gasteiger partial charge is 0.332 e. The lowest BCUT2D eigenvalue weighted by molar-refractivity contribution is 0.0766. The summed E-state index contributed by atoms with van der Waals surface area (Å²) in [6, 6.07) is 9.10. The van der Waals surface area contributed by atoms with Crippen LogP contribution < -0.4 is 5.73 Å². The maximum Gasteiger partial charge on any atom is 0.208 e. The van der Waals surface area contributed by atoms with Crippen molar-refractivity contribution >= 4 is 22.5 Å². The van der Waals surface area contributed by atoms with E-state index in [1.807, 2.05) is 12.1 Å². The highest BCUT2D eigenvalue weighted by atomic mass is 35.5. The van der Waals surface area contributed by atoms with Gasteiger partial charge in [0.05, 0.1) is 6.10 Å². The Hall–Kier alpha value is -0.260. The molecule has 2 fully saturated rings. The van der Waals surface area contributed by atoms with Gasteiger partial charge >= 0.3 is 0 Å². The van der Waals surface area contributed by atoms with Crippen LogP contribution in [0.4, 0.5) is 0 Å². The highest BCUT2D eigenvalue weighted by molar-refractivity contribution is 7.97. The molecular formula is C23H38ClN2OS+. The minimum absolute atomic E-state index is 0.256. The van der Waals surface area contributed by atoms with Crippen LogP contribution in [0.15, 0.2) is 24.3 Å². The molecular weight excluding hydrogens is 388 g/mol. The van der Waals surface area contributed by atoms with Crippen molar-refractivity contribution in [3.05, 3.63) is 34.9 Å². The molecule has 2 aliphatic rings. The van der Waals surface area contributed by atoms with Gasteiger partial charge in [-0.15, -0.1) is 0 Å². The number of nitrogens with two attached hydrogens (primary N) is 1. The monoisotopic (exact) mass is 425 g/mol. The molecule has 1 aliphatic carbocycles. The Bertz CT molecular complexity index is 610. The molecule has 1 saturated heterocycles. The third-order valence-electron chi connectivity index (χ3n) is 6.62. The molecule has 5 heteroatoms. The number of hydrogen-bond donors (Lipinski definition) is 1. The van der Waals surface area contributed by atoms with E-state index >= 15 is 0 Å². The van der Waals surface area contributed by atoms with Crippen LogP contribution in [0.3, 0.4) is 0 Å². The Kier molecular flexibility index (Phi) is 7.77. The van der Waals surface area contributed by atoms with Gasteiger partial charge in [-0.2, -0.15) is 0 Å². The first-order valence-electron chi connectivity index (χ1n) is 10.7. The van der Waals surface area contributed by atoms with Crippen LogP contribution in [0.25, 0.3) is 0 Å². The molecule has 0 aromatic heterocycles. The summed E-state index contributed by atoms with van der Waals surface area (Å²) < 4.78 is 6.61. The molecule has 1 saturated carbocycles. The fourth-order valence-electron chi connectivity index (χ4n) is 4.37. The van der Waals surface area contributed by atoms with Gasteiger partial charge in [0.15, 0.2) is 0 Å². The minimum Gasteiger partial charge on any atom is -0.332 e. The fourth-order valence-corrected chi connectivity index (χ4v) is 5.25. The van der Waals surface area contributed by atoms with E-state index in [1.54, 1.807) is 0 Å². The summed E-state index contributed by atoms with van der Waals surface area (Å²) in [7, 11) is 0.279. The average molecular weight is 426 g/mol. The van der Waals surface area contributed by atoms with E-state index < -0.39 is 0 Å². The van der Waals surface area contributed by atoms with Crippen LogP contribution >= 0.6 is 11.6 Å². The number of rotatable bonds is 6. The summed E-state index contributed by atoms with van der Waals surface area (Å²) in [6.07, 6.45) is 8.46. The Balaban J connectivity index is 1.43. The number of hydrogen-bond acceptors (Lipinski definition) is 3. The number of likely N-dealkylation sites (tertiary alicyclic amines) is 1. The molecule has 1 aliphatic heterocycles. The second-order valence-corrected chi connectivity index (χ2v) is 12.8. The van der Waals surface area contributed by atoms with Crippen molar-refractivity contribution in [1.29, 1.82) is 0 Å². The minimum atomic E-state index is 0.256. The van der Waals surface area contributed by atoms with Crippen molar-refractivity contribution in [2.75, 3.05) is 25.3 Å². The first-order chi connectivity index (χ1) is 13.2. The Labute approximate surface area is 179 Å². The molecule has 4 atom stereocenters. The van der Waals surface area contributed by atoms with Gasteiger partial charge in [-0.3, -0.25) is 4.90 Å². The van der Waals surface area contributed by atoms with Crippen LogP contribution in [-0.2, 0) is 22.1 Å². The molecule has 3 rings (SSSR count). The number of piperidine rings is 1. The van der Waals surface area contributed by atoms with Crippen LogP contribution in [-0.4, -0.2) is 53.1 Å². The Morgan fingerprint density at radius 3 is 2.39 bits per heavy atom.